The predicted molar refractivity (Wildman–Crippen MR) is 83.4 cm³/mol. The Balaban J connectivity index is 1.99. The van der Waals surface area contributed by atoms with Gasteiger partial charge in [0.1, 0.15) is 11.6 Å². The number of piperidine rings is 1. The van der Waals surface area contributed by atoms with Gasteiger partial charge in [-0.2, -0.15) is 0 Å². The highest BCUT2D eigenvalue weighted by Crippen LogP contribution is 2.36. The highest BCUT2D eigenvalue weighted by atomic mass is 19.4. The molecule has 1 N–H and O–H groups in total. The van der Waals surface area contributed by atoms with Gasteiger partial charge in [-0.1, -0.05) is 24.3 Å². The smallest absolute Gasteiger partial charge is 0.405 e. The molecule has 1 saturated heterocycles. The Morgan fingerprint density at radius 3 is 2.42 bits per heavy atom. The van der Waals surface area contributed by atoms with Crippen LogP contribution in [0.4, 0.5) is 17.6 Å². The van der Waals surface area contributed by atoms with E-state index >= 15 is 0 Å². The highest BCUT2D eigenvalue weighted by Gasteiger charge is 2.32. The first-order chi connectivity index (χ1) is 11.4. The van der Waals surface area contributed by atoms with Crippen molar-refractivity contribution in [2.45, 2.75) is 25.1 Å². The Labute approximate surface area is 137 Å². The second-order valence-corrected chi connectivity index (χ2v) is 5.84. The summed E-state index contributed by atoms with van der Waals surface area (Å²) >= 11 is 0. The molecular weight excluding hydrogens is 322 g/mol. The minimum absolute atomic E-state index is 0.205. The molecule has 128 valence electrons. The highest BCUT2D eigenvalue weighted by molar-refractivity contribution is 5.71. The quantitative estimate of drug-likeness (QED) is 0.807. The minimum atomic E-state index is -4.79. The number of halogens is 4. The van der Waals surface area contributed by atoms with Crippen LogP contribution in [0, 0.1) is 5.82 Å². The maximum atomic E-state index is 14.1. The Morgan fingerprint density at radius 2 is 1.71 bits per heavy atom. The van der Waals surface area contributed by atoms with Gasteiger partial charge in [0.2, 0.25) is 0 Å². The molecule has 1 fully saturated rings. The summed E-state index contributed by atoms with van der Waals surface area (Å²) in [5, 5.41) is 3.24. The number of hydrogen-bond donors (Lipinski definition) is 1. The van der Waals surface area contributed by atoms with Crippen LogP contribution in [0.15, 0.2) is 42.5 Å². The molecule has 0 aromatic heterocycles. The van der Waals surface area contributed by atoms with Gasteiger partial charge in [0.05, 0.1) is 0 Å². The lowest BCUT2D eigenvalue weighted by Gasteiger charge is -2.23. The zero-order valence-electron chi connectivity index (χ0n) is 12.9. The molecule has 0 saturated carbocycles. The number of alkyl halides is 3. The van der Waals surface area contributed by atoms with E-state index in [9.17, 15) is 17.6 Å². The van der Waals surface area contributed by atoms with E-state index in [2.05, 4.69) is 10.1 Å². The van der Waals surface area contributed by atoms with Gasteiger partial charge in [-0.05, 0) is 61.2 Å². The van der Waals surface area contributed by atoms with Crippen LogP contribution < -0.4 is 10.1 Å². The van der Waals surface area contributed by atoms with Crippen LogP contribution in [0.25, 0.3) is 11.1 Å². The summed E-state index contributed by atoms with van der Waals surface area (Å²) < 4.78 is 55.9. The molecular formula is C18H17F4NO. The van der Waals surface area contributed by atoms with Gasteiger partial charge >= 0.3 is 6.36 Å². The van der Waals surface area contributed by atoms with Crippen molar-refractivity contribution in [2.75, 3.05) is 13.1 Å². The molecule has 0 bridgehead atoms. The summed E-state index contributed by atoms with van der Waals surface area (Å²) in [7, 11) is 0. The van der Waals surface area contributed by atoms with E-state index < -0.39 is 12.2 Å². The molecule has 2 nitrogen and oxygen atoms in total. The van der Waals surface area contributed by atoms with Crippen molar-refractivity contribution in [1.82, 2.24) is 5.32 Å². The van der Waals surface area contributed by atoms with E-state index in [1.54, 1.807) is 12.1 Å². The van der Waals surface area contributed by atoms with Gasteiger partial charge in [-0.15, -0.1) is 13.2 Å². The molecule has 1 aliphatic rings. The normalized spacial score (nSPS) is 16.2. The zero-order chi connectivity index (χ0) is 17.2. The molecule has 1 heterocycles. The molecule has 0 spiro atoms. The first-order valence-corrected chi connectivity index (χ1v) is 7.79. The van der Waals surface area contributed by atoms with Crippen molar-refractivity contribution < 1.29 is 22.3 Å². The molecule has 2 aromatic rings. The third kappa shape index (κ3) is 4.06. The lowest BCUT2D eigenvalue weighted by atomic mass is 9.88. The fourth-order valence-corrected chi connectivity index (χ4v) is 3.08. The van der Waals surface area contributed by atoms with E-state index in [0.29, 0.717) is 5.56 Å². The number of ether oxygens (including phenoxy) is 1. The molecule has 3 rings (SSSR count). The summed E-state index contributed by atoms with van der Waals surface area (Å²) in [5.41, 5.74) is 1.43. The molecule has 6 heteroatoms. The SMILES string of the molecule is Fc1cc(-c2ccccc2OC(F)(F)F)cc(C2CCNCC2)c1. The molecule has 0 atom stereocenters. The van der Waals surface area contributed by atoms with Crippen molar-refractivity contribution in [1.29, 1.82) is 0 Å². The summed E-state index contributed by atoms with van der Waals surface area (Å²) in [6.45, 7) is 1.70. The van der Waals surface area contributed by atoms with Gasteiger partial charge in [-0.3, -0.25) is 0 Å². The maximum Gasteiger partial charge on any atom is 0.573 e. The third-order valence-electron chi connectivity index (χ3n) is 4.15. The van der Waals surface area contributed by atoms with Crippen LogP contribution in [-0.2, 0) is 0 Å². The Bertz CT molecular complexity index is 708. The first-order valence-electron chi connectivity index (χ1n) is 7.79. The lowest BCUT2D eigenvalue weighted by Crippen LogP contribution is -2.26. The average Bonchev–Trinajstić information content (AvgIpc) is 2.54. The number of para-hydroxylation sites is 1. The maximum absolute atomic E-state index is 14.1. The van der Waals surface area contributed by atoms with Gasteiger partial charge in [0, 0.05) is 5.56 Å². The van der Waals surface area contributed by atoms with E-state index in [1.807, 2.05) is 0 Å². The number of rotatable bonds is 3. The van der Waals surface area contributed by atoms with Crippen molar-refractivity contribution >= 4 is 0 Å². The topological polar surface area (TPSA) is 21.3 Å². The van der Waals surface area contributed by atoms with Crippen LogP contribution in [0.2, 0.25) is 0 Å². The van der Waals surface area contributed by atoms with E-state index in [0.717, 1.165) is 31.5 Å². The van der Waals surface area contributed by atoms with Crippen LogP contribution in [0.5, 0.6) is 5.75 Å². The second-order valence-electron chi connectivity index (χ2n) is 5.84. The van der Waals surface area contributed by atoms with Crippen LogP contribution >= 0.6 is 0 Å². The summed E-state index contributed by atoms with van der Waals surface area (Å²) in [6, 6.07) is 10.3. The standard InChI is InChI=1S/C18H17F4NO/c19-15-10-13(12-5-7-23-8-6-12)9-14(11-15)16-3-1-2-4-17(16)24-18(20,21)22/h1-4,9-12,23H,5-8H2. The third-order valence-corrected chi connectivity index (χ3v) is 4.15. The number of benzene rings is 2. The summed E-state index contributed by atoms with van der Waals surface area (Å²) in [5.74, 6) is -0.578. The van der Waals surface area contributed by atoms with Gasteiger partial charge in [-0.25, -0.2) is 4.39 Å². The molecule has 0 aliphatic carbocycles. The lowest BCUT2D eigenvalue weighted by molar-refractivity contribution is -0.274. The monoisotopic (exact) mass is 339 g/mol. The summed E-state index contributed by atoms with van der Waals surface area (Å²) in [6.07, 6.45) is -3.03. The molecule has 24 heavy (non-hydrogen) atoms. The molecule has 0 unspecified atom stereocenters. The Kier molecular flexibility index (Phi) is 4.76. The molecule has 0 radical (unpaired) electrons. The van der Waals surface area contributed by atoms with Crippen molar-refractivity contribution in [3.8, 4) is 16.9 Å². The van der Waals surface area contributed by atoms with Crippen LogP contribution in [0.1, 0.15) is 24.3 Å². The number of hydrogen-bond acceptors (Lipinski definition) is 2. The first kappa shape index (κ1) is 16.8. The minimum Gasteiger partial charge on any atom is -0.405 e. The number of nitrogens with one attached hydrogen (secondary N) is 1. The Morgan fingerprint density at radius 1 is 1.00 bits per heavy atom. The van der Waals surface area contributed by atoms with Crippen molar-refractivity contribution in [3.05, 3.63) is 53.8 Å². The van der Waals surface area contributed by atoms with Gasteiger partial charge in [0.25, 0.3) is 0 Å². The summed E-state index contributed by atoms with van der Waals surface area (Å²) in [4.78, 5) is 0. The fourth-order valence-electron chi connectivity index (χ4n) is 3.08. The van der Waals surface area contributed by atoms with Gasteiger partial charge < -0.3 is 10.1 Å². The molecule has 1 aliphatic heterocycles. The van der Waals surface area contributed by atoms with Crippen LogP contribution in [0.3, 0.4) is 0 Å². The van der Waals surface area contributed by atoms with E-state index in [1.165, 1.54) is 30.3 Å². The molecule has 0 amide bonds. The second kappa shape index (κ2) is 6.81. The average molecular weight is 339 g/mol. The van der Waals surface area contributed by atoms with Crippen molar-refractivity contribution in [3.63, 3.8) is 0 Å². The predicted octanol–water partition coefficient (Wildman–Crippen LogP) is 4.86. The Hall–Kier alpha value is -2.08. The van der Waals surface area contributed by atoms with E-state index in [-0.39, 0.29) is 17.2 Å². The molecule has 2 aromatic carbocycles. The zero-order valence-corrected chi connectivity index (χ0v) is 12.9. The fraction of sp³-hybridized carbons (Fsp3) is 0.333. The van der Waals surface area contributed by atoms with Gasteiger partial charge in [0.15, 0.2) is 0 Å². The van der Waals surface area contributed by atoms with Crippen LogP contribution in [-0.4, -0.2) is 19.5 Å². The van der Waals surface area contributed by atoms with E-state index in [4.69, 9.17) is 0 Å². The van der Waals surface area contributed by atoms with Crippen molar-refractivity contribution in [2.24, 2.45) is 0 Å². The largest absolute Gasteiger partial charge is 0.573 e.